The molecule has 19 nitrogen and oxygen atoms in total. The average Bonchev–Trinajstić information content (AvgIpc) is 3.51. The smallest absolute Gasteiger partial charge is 0.293 e. The van der Waals surface area contributed by atoms with E-state index in [1.54, 1.807) is 85.1 Å². The zero-order valence-electron chi connectivity index (χ0n) is 43.6. The number of hydrogen-bond acceptors (Lipinski definition) is 16. The van der Waals surface area contributed by atoms with Crippen molar-refractivity contribution in [3.63, 3.8) is 0 Å². The van der Waals surface area contributed by atoms with Crippen molar-refractivity contribution in [3.8, 4) is 68.9 Å². The Morgan fingerprint density at radius 2 is 1.02 bits per heavy atom. The van der Waals surface area contributed by atoms with Gasteiger partial charge in [-0.1, -0.05) is 68.1 Å². The first kappa shape index (κ1) is 58.0. The maximum atomic E-state index is 12.5. The molecular weight excluding hydrogens is 1010 g/mol. The van der Waals surface area contributed by atoms with Gasteiger partial charge in [-0.25, -0.2) is 29.3 Å². The van der Waals surface area contributed by atoms with Gasteiger partial charge in [0.05, 0.1) is 92.4 Å². The van der Waals surface area contributed by atoms with Crippen molar-refractivity contribution in [2.45, 2.75) is 53.1 Å². The predicted molar refractivity (Wildman–Crippen MR) is 302 cm³/mol. The van der Waals surface area contributed by atoms with Gasteiger partial charge in [-0.15, -0.1) is 0 Å². The molecule has 8 aromatic rings. The quantitative estimate of drug-likeness (QED) is 0.0848. The SMILES string of the molecule is C.CCOC=O.N#Cc1cccc(-c2ccc(=O)n(Cc3cccc(-c4ncc(OCC5CCN(C=O)CC5)cn4)c3)n2)c1.N#Cc1cccc(-c2ccc(=O)n(Cc3cccc(-c4ncc(OCC5CCNCC5)cn4)c3)n2)c1. The number of nitrogens with zero attached hydrogens (tertiary/aromatic N) is 11. The van der Waals surface area contributed by atoms with E-state index in [0.29, 0.717) is 90.3 Å². The molecule has 10 rings (SSSR count). The van der Waals surface area contributed by atoms with Gasteiger partial charge in [-0.2, -0.15) is 20.7 Å². The molecule has 4 aromatic heterocycles. The molecule has 408 valence electrons. The lowest BCUT2D eigenvalue weighted by Gasteiger charge is -2.28. The van der Waals surface area contributed by atoms with E-state index in [1.165, 1.54) is 21.5 Å². The number of nitriles is 2. The Morgan fingerprint density at radius 3 is 1.44 bits per heavy atom. The molecule has 0 bridgehead atoms. The van der Waals surface area contributed by atoms with Crippen LogP contribution in [-0.2, 0) is 27.4 Å². The molecule has 6 heterocycles. The highest BCUT2D eigenvalue weighted by molar-refractivity contribution is 5.62. The second-order valence-electron chi connectivity index (χ2n) is 18.7. The summed E-state index contributed by atoms with van der Waals surface area (Å²) in [7, 11) is 0. The van der Waals surface area contributed by atoms with E-state index in [-0.39, 0.29) is 25.1 Å². The summed E-state index contributed by atoms with van der Waals surface area (Å²) < 4.78 is 18.8. The van der Waals surface area contributed by atoms with Gasteiger partial charge in [0, 0.05) is 47.5 Å². The number of likely N-dealkylation sites (tertiary alicyclic amines) is 1. The molecule has 0 unspecified atom stereocenters. The molecule has 0 atom stereocenters. The first-order valence-corrected chi connectivity index (χ1v) is 25.9. The predicted octanol–water partition coefficient (Wildman–Crippen LogP) is 8.02. The highest BCUT2D eigenvalue weighted by Crippen LogP contribution is 2.24. The summed E-state index contributed by atoms with van der Waals surface area (Å²) in [6.45, 7) is 8.12. The van der Waals surface area contributed by atoms with Gasteiger partial charge in [-0.05, 0) is 117 Å². The van der Waals surface area contributed by atoms with Crippen LogP contribution in [0.3, 0.4) is 0 Å². The molecule has 1 amide bonds. The highest BCUT2D eigenvalue weighted by Gasteiger charge is 2.19. The molecule has 2 aliphatic heterocycles. The van der Waals surface area contributed by atoms with Gasteiger partial charge < -0.3 is 24.4 Å². The second-order valence-corrected chi connectivity index (χ2v) is 18.7. The van der Waals surface area contributed by atoms with Crippen molar-refractivity contribution >= 4 is 12.9 Å². The van der Waals surface area contributed by atoms with E-state index in [1.807, 2.05) is 60.7 Å². The highest BCUT2D eigenvalue weighted by atomic mass is 16.5. The number of nitrogens with one attached hydrogen (secondary N) is 1. The Bertz CT molecular complexity index is 3510. The van der Waals surface area contributed by atoms with Crippen LogP contribution in [0.25, 0.3) is 45.3 Å². The number of aromatic nitrogens is 8. The summed E-state index contributed by atoms with van der Waals surface area (Å²) in [6, 6.07) is 40.3. The summed E-state index contributed by atoms with van der Waals surface area (Å²) in [4.78, 5) is 64.8. The molecule has 4 aromatic carbocycles. The Kier molecular flexibility index (Phi) is 21.5. The minimum absolute atomic E-state index is 0. The third-order valence-electron chi connectivity index (χ3n) is 13.1. The Hall–Kier alpha value is -9.72. The molecule has 0 saturated carbocycles. The number of carbonyl (C=O) groups is 2. The van der Waals surface area contributed by atoms with Gasteiger partial charge in [0.2, 0.25) is 6.41 Å². The Labute approximate surface area is 464 Å². The van der Waals surface area contributed by atoms with Crippen LogP contribution >= 0.6 is 0 Å². The van der Waals surface area contributed by atoms with E-state index >= 15 is 0 Å². The van der Waals surface area contributed by atoms with Gasteiger partial charge in [-0.3, -0.25) is 19.2 Å². The topological polar surface area (TPSA) is 246 Å². The number of piperidine rings is 2. The molecule has 0 spiro atoms. The van der Waals surface area contributed by atoms with Gasteiger partial charge in [0.15, 0.2) is 23.1 Å². The van der Waals surface area contributed by atoms with Crippen LogP contribution in [0.15, 0.2) is 156 Å². The van der Waals surface area contributed by atoms with Gasteiger partial charge in [0.1, 0.15) is 0 Å². The summed E-state index contributed by atoms with van der Waals surface area (Å²) in [5.74, 6) is 3.40. The third kappa shape index (κ3) is 16.6. The zero-order chi connectivity index (χ0) is 55.2. The van der Waals surface area contributed by atoms with Crippen LogP contribution in [0.1, 0.15) is 62.3 Å². The van der Waals surface area contributed by atoms with E-state index in [2.05, 4.69) is 52.3 Å². The van der Waals surface area contributed by atoms with E-state index in [9.17, 15) is 29.7 Å². The summed E-state index contributed by atoms with van der Waals surface area (Å²) in [5, 5.41) is 30.8. The van der Waals surface area contributed by atoms with Gasteiger partial charge in [0.25, 0.3) is 17.6 Å². The van der Waals surface area contributed by atoms with Crippen molar-refractivity contribution in [2.24, 2.45) is 11.8 Å². The number of benzene rings is 4. The van der Waals surface area contributed by atoms with E-state index in [0.717, 1.165) is 91.7 Å². The maximum Gasteiger partial charge on any atom is 0.293 e. The average molecular weight is 1080 g/mol. The second kappa shape index (κ2) is 29.7. The lowest BCUT2D eigenvalue weighted by molar-refractivity contribution is -0.128. The summed E-state index contributed by atoms with van der Waals surface area (Å²) in [6.07, 6.45) is 11.8. The van der Waals surface area contributed by atoms with Crippen molar-refractivity contribution in [3.05, 3.63) is 189 Å². The van der Waals surface area contributed by atoms with Crippen LogP contribution < -0.4 is 25.9 Å². The normalized spacial score (nSPS) is 13.1. The molecule has 2 saturated heterocycles. The Morgan fingerprint density at radius 1 is 0.588 bits per heavy atom. The maximum absolute atomic E-state index is 12.5. The number of hydrogen-bond donors (Lipinski definition) is 1. The molecule has 19 heteroatoms. The fourth-order valence-electron chi connectivity index (χ4n) is 8.74. The van der Waals surface area contributed by atoms with Crippen LogP contribution in [0.5, 0.6) is 11.5 Å². The lowest BCUT2D eigenvalue weighted by atomic mass is 9.98. The fraction of sp³-hybridized carbons (Fsp3) is 0.279. The third-order valence-corrected chi connectivity index (χ3v) is 13.1. The zero-order valence-corrected chi connectivity index (χ0v) is 43.6. The summed E-state index contributed by atoms with van der Waals surface area (Å²) in [5.41, 5.74) is 6.92. The monoisotopic (exact) mass is 1070 g/mol. The van der Waals surface area contributed by atoms with Crippen LogP contribution in [0.4, 0.5) is 0 Å². The number of rotatable bonds is 17. The standard InChI is InChI=1S/C29H26N6O3.C28H26N6O2.C3H6O2.CH4/c30-15-22-3-1-5-24(13-22)27-7-8-28(37)35(33-27)18-23-4-2-6-25(14-23)29-31-16-26(17-32-29)38-19-21-9-11-34(20-36)12-10-21;29-15-21-3-1-5-23(13-21)26-7-8-27(35)34(33-26)18-22-4-2-6-24(14-22)28-31-16-25(17-32-28)36-19-20-9-11-30-12-10-20;1-2-5-3-4;/h1-8,13-14,16-17,20-21H,9-12,18-19H2;1-8,13-14,16-17,20,30H,9-12,18-19H2;3H,2H2,1H3;1H4. The largest absolute Gasteiger partial charge is 0.490 e. The molecule has 0 aliphatic carbocycles. The van der Waals surface area contributed by atoms with Crippen LogP contribution in [0, 0.1) is 34.5 Å². The lowest BCUT2D eigenvalue weighted by Crippen LogP contribution is -2.34. The minimum Gasteiger partial charge on any atom is -0.490 e. The molecule has 0 radical (unpaired) electrons. The fourth-order valence-corrected chi connectivity index (χ4v) is 8.74. The molecule has 2 aliphatic rings. The van der Waals surface area contributed by atoms with Crippen molar-refractivity contribution in [1.82, 2.24) is 49.7 Å². The minimum atomic E-state index is -0.217. The first-order chi connectivity index (χ1) is 38.7. The van der Waals surface area contributed by atoms with E-state index < -0.39 is 0 Å². The molecule has 2 fully saturated rings. The first-order valence-electron chi connectivity index (χ1n) is 25.9. The number of ether oxygens (including phenoxy) is 3. The van der Waals surface area contributed by atoms with Gasteiger partial charge >= 0.3 is 0 Å². The molecular formula is C61H62N12O7. The molecule has 80 heavy (non-hydrogen) atoms. The van der Waals surface area contributed by atoms with Crippen molar-refractivity contribution in [1.29, 1.82) is 10.5 Å². The Balaban J connectivity index is 0.000000211. The van der Waals surface area contributed by atoms with Crippen LogP contribution in [0.2, 0.25) is 0 Å². The van der Waals surface area contributed by atoms with E-state index in [4.69, 9.17) is 9.47 Å². The van der Waals surface area contributed by atoms with Crippen molar-refractivity contribution in [2.75, 3.05) is 46.0 Å². The summed E-state index contributed by atoms with van der Waals surface area (Å²) >= 11 is 0. The number of amides is 1. The number of carbonyl (C=O) groups excluding carboxylic acids is 2. The van der Waals surface area contributed by atoms with Crippen molar-refractivity contribution < 1.29 is 23.8 Å². The van der Waals surface area contributed by atoms with Crippen LogP contribution in [-0.4, -0.2) is 103 Å². The molecule has 1 N–H and O–H groups in total.